The van der Waals surface area contributed by atoms with Crippen molar-refractivity contribution in [2.24, 2.45) is 0 Å². The fourth-order valence-corrected chi connectivity index (χ4v) is 3.93. The van der Waals surface area contributed by atoms with Gasteiger partial charge in [0.1, 0.15) is 11.7 Å². The minimum absolute atomic E-state index is 0.236. The van der Waals surface area contributed by atoms with Crippen LogP contribution in [0.25, 0.3) is 0 Å². The molecule has 1 saturated heterocycles. The Bertz CT molecular complexity index is 845. The predicted molar refractivity (Wildman–Crippen MR) is 96.1 cm³/mol. The summed E-state index contributed by atoms with van der Waals surface area (Å²) in [5.41, 5.74) is 0.999. The topological polar surface area (TPSA) is 62.6 Å². The summed E-state index contributed by atoms with van der Waals surface area (Å²) in [7, 11) is 0. The summed E-state index contributed by atoms with van der Waals surface area (Å²) in [5.74, 6) is 0. The van der Waals surface area contributed by atoms with Gasteiger partial charge >= 0.3 is 6.01 Å². The molecule has 2 aromatic rings. The van der Waals surface area contributed by atoms with Gasteiger partial charge in [-0.1, -0.05) is 44.2 Å². The molecule has 6 heteroatoms. The molecular formula is C20H24N2O4. The molecule has 3 atom stereocenters. The highest BCUT2D eigenvalue weighted by Gasteiger charge is 2.59. The maximum absolute atomic E-state index is 11.9. The highest BCUT2D eigenvalue weighted by Crippen LogP contribution is 2.48. The fraction of sp³-hybridized carbons (Fsp3) is 0.500. The molecule has 2 aliphatic rings. The molecule has 0 radical (unpaired) electrons. The van der Waals surface area contributed by atoms with Gasteiger partial charge in [-0.15, -0.1) is 0 Å². The SMILES string of the molecule is CCC1(CC)O[C@@H]2[C@H](Oc3nc(=O)c(C)cn32)C1OCc1ccccc1. The number of nitrogens with zero attached hydrogens (tertiary/aromatic N) is 2. The number of fused-ring (bicyclic) bond motifs is 3. The van der Waals surface area contributed by atoms with Gasteiger partial charge in [0.25, 0.3) is 5.56 Å². The third-order valence-corrected chi connectivity index (χ3v) is 5.53. The lowest BCUT2D eigenvalue weighted by Gasteiger charge is -2.33. The van der Waals surface area contributed by atoms with Crippen LogP contribution in [-0.4, -0.2) is 27.4 Å². The molecule has 0 N–H and O–H groups in total. The molecule has 3 heterocycles. The maximum Gasteiger partial charge on any atom is 0.302 e. The summed E-state index contributed by atoms with van der Waals surface area (Å²) < 4.78 is 20.6. The van der Waals surface area contributed by atoms with E-state index in [1.54, 1.807) is 13.1 Å². The highest BCUT2D eigenvalue weighted by molar-refractivity contribution is 5.18. The van der Waals surface area contributed by atoms with E-state index in [0.717, 1.165) is 18.4 Å². The quantitative estimate of drug-likeness (QED) is 0.824. The normalized spacial score (nSPS) is 25.6. The lowest BCUT2D eigenvalue weighted by atomic mass is 9.89. The zero-order valence-electron chi connectivity index (χ0n) is 15.3. The Balaban J connectivity index is 1.64. The third-order valence-electron chi connectivity index (χ3n) is 5.53. The van der Waals surface area contributed by atoms with Crippen LogP contribution in [0.1, 0.15) is 44.0 Å². The Labute approximate surface area is 152 Å². The van der Waals surface area contributed by atoms with E-state index in [2.05, 4.69) is 18.8 Å². The number of hydrogen-bond acceptors (Lipinski definition) is 5. The van der Waals surface area contributed by atoms with Crippen molar-refractivity contribution in [3.05, 3.63) is 58.0 Å². The van der Waals surface area contributed by atoms with Crippen LogP contribution in [0.2, 0.25) is 0 Å². The summed E-state index contributed by atoms with van der Waals surface area (Å²) in [6.07, 6.45) is 2.54. The molecule has 1 fully saturated rings. The molecule has 26 heavy (non-hydrogen) atoms. The lowest BCUT2D eigenvalue weighted by molar-refractivity contribution is -0.128. The van der Waals surface area contributed by atoms with E-state index in [1.165, 1.54) is 0 Å². The first-order valence-electron chi connectivity index (χ1n) is 9.17. The Kier molecular flexibility index (Phi) is 4.32. The number of aromatic nitrogens is 2. The van der Waals surface area contributed by atoms with Crippen molar-refractivity contribution in [2.45, 2.75) is 64.3 Å². The first-order chi connectivity index (χ1) is 12.6. The number of ether oxygens (including phenoxy) is 3. The fourth-order valence-electron chi connectivity index (χ4n) is 3.93. The van der Waals surface area contributed by atoms with Crippen LogP contribution in [-0.2, 0) is 16.1 Å². The molecule has 0 spiro atoms. The van der Waals surface area contributed by atoms with E-state index in [1.807, 2.05) is 34.9 Å². The number of rotatable bonds is 5. The summed E-state index contributed by atoms with van der Waals surface area (Å²) in [6.45, 7) is 6.46. The summed E-state index contributed by atoms with van der Waals surface area (Å²) >= 11 is 0. The van der Waals surface area contributed by atoms with Crippen molar-refractivity contribution in [3.8, 4) is 6.01 Å². The van der Waals surface area contributed by atoms with Crippen LogP contribution < -0.4 is 10.3 Å². The van der Waals surface area contributed by atoms with Gasteiger partial charge in [-0.05, 0) is 25.3 Å². The highest BCUT2D eigenvalue weighted by atomic mass is 16.6. The maximum atomic E-state index is 11.9. The van der Waals surface area contributed by atoms with Crippen molar-refractivity contribution in [3.63, 3.8) is 0 Å². The van der Waals surface area contributed by atoms with E-state index >= 15 is 0 Å². The van der Waals surface area contributed by atoms with Gasteiger partial charge in [-0.25, -0.2) is 0 Å². The van der Waals surface area contributed by atoms with Gasteiger partial charge in [0.15, 0.2) is 12.3 Å². The predicted octanol–water partition coefficient (Wildman–Crippen LogP) is 2.99. The minimum Gasteiger partial charge on any atom is -0.453 e. The monoisotopic (exact) mass is 356 g/mol. The van der Waals surface area contributed by atoms with Gasteiger partial charge in [-0.2, -0.15) is 4.98 Å². The zero-order chi connectivity index (χ0) is 18.3. The smallest absolute Gasteiger partial charge is 0.302 e. The van der Waals surface area contributed by atoms with E-state index in [4.69, 9.17) is 14.2 Å². The Morgan fingerprint density at radius 3 is 2.65 bits per heavy atom. The standard InChI is InChI=1S/C20H24N2O4/c1-4-20(5-2)16(24-12-14-9-7-6-8-10-14)15-18(26-20)22-11-13(3)17(23)21-19(22)25-15/h6-11,15-16,18H,4-5,12H2,1-3H3/t15-,16?,18-/m1/s1. The largest absolute Gasteiger partial charge is 0.453 e. The average molecular weight is 356 g/mol. The van der Waals surface area contributed by atoms with E-state index in [0.29, 0.717) is 18.2 Å². The Hall–Kier alpha value is -2.18. The van der Waals surface area contributed by atoms with Crippen LogP contribution in [0, 0.1) is 6.92 Å². The van der Waals surface area contributed by atoms with Crippen LogP contribution in [0.4, 0.5) is 0 Å². The molecule has 0 aliphatic carbocycles. The molecule has 1 aromatic heterocycles. The van der Waals surface area contributed by atoms with E-state index < -0.39 is 5.60 Å². The molecule has 6 nitrogen and oxygen atoms in total. The molecule has 138 valence electrons. The average Bonchev–Trinajstić information content (AvgIpc) is 3.14. The van der Waals surface area contributed by atoms with Crippen LogP contribution in [0.15, 0.2) is 41.3 Å². The second-order valence-electron chi connectivity index (χ2n) is 7.00. The van der Waals surface area contributed by atoms with Crippen LogP contribution >= 0.6 is 0 Å². The second-order valence-corrected chi connectivity index (χ2v) is 7.00. The van der Waals surface area contributed by atoms with Gasteiger partial charge in [0, 0.05) is 11.8 Å². The Morgan fingerprint density at radius 2 is 1.96 bits per heavy atom. The number of aryl methyl sites for hydroxylation is 1. The first kappa shape index (κ1) is 17.2. The van der Waals surface area contributed by atoms with Gasteiger partial charge in [-0.3, -0.25) is 9.36 Å². The number of hydrogen-bond donors (Lipinski definition) is 0. The molecule has 4 rings (SSSR count). The van der Waals surface area contributed by atoms with Gasteiger partial charge in [0.2, 0.25) is 0 Å². The van der Waals surface area contributed by atoms with E-state index in [9.17, 15) is 4.79 Å². The molecule has 0 saturated carbocycles. The molecule has 2 aliphatic heterocycles. The summed E-state index contributed by atoms with van der Waals surface area (Å²) in [6, 6.07) is 10.4. The van der Waals surface area contributed by atoms with Crippen molar-refractivity contribution < 1.29 is 14.2 Å². The lowest BCUT2D eigenvalue weighted by Crippen LogP contribution is -2.45. The van der Waals surface area contributed by atoms with Crippen molar-refractivity contribution in [2.75, 3.05) is 0 Å². The second kappa shape index (κ2) is 6.52. The molecule has 1 aromatic carbocycles. The summed E-state index contributed by atoms with van der Waals surface area (Å²) in [4.78, 5) is 15.9. The summed E-state index contributed by atoms with van der Waals surface area (Å²) in [5, 5.41) is 0. The zero-order valence-corrected chi connectivity index (χ0v) is 15.3. The van der Waals surface area contributed by atoms with Crippen molar-refractivity contribution in [1.29, 1.82) is 0 Å². The van der Waals surface area contributed by atoms with Gasteiger partial charge in [0.05, 0.1) is 6.61 Å². The van der Waals surface area contributed by atoms with Crippen LogP contribution in [0.5, 0.6) is 6.01 Å². The van der Waals surface area contributed by atoms with Gasteiger partial charge < -0.3 is 14.2 Å². The molecule has 0 bridgehead atoms. The van der Waals surface area contributed by atoms with Crippen molar-refractivity contribution >= 4 is 0 Å². The third kappa shape index (κ3) is 2.64. The van der Waals surface area contributed by atoms with Crippen molar-refractivity contribution in [1.82, 2.24) is 9.55 Å². The Morgan fingerprint density at radius 1 is 1.23 bits per heavy atom. The molecule has 0 amide bonds. The van der Waals surface area contributed by atoms with Crippen LogP contribution in [0.3, 0.4) is 0 Å². The minimum atomic E-state index is -0.418. The molecule has 1 unspecified atom stereocenters. The number of benzene rings is 1. The first-order valence-corrected chi connectivity index (χ1v) is 9.17. The van der Waals surface area contributed by atoms with E-state index in [-0.39, 0.29) is 24.0 Å². The molecular weight excluding hydrogens is 332 g/mol.